The van der Waals surface area contributed by atoms with E-state index in [1.807, 2.05) is 0 Å². The molecule has 0 unspecified atom stereocenters. The van der Waals surface area contributed by atoms with Crippen molar-refractivity contribution in [1.82, 2.24) is 4.98 Å². The molecule has 0 spiro atoms. The van der Waals surface area contributed by atoms with Crippen molar-refractivity contribution in [3.63, 3.8) is 0 Å². The van der Waals surface area contributed by atoms with E-state index in [0.717, 1.165) is 6.07 Å². The molecule has 0 bridgehead atoms. The van der Waals surface area contributed by atoms with Gasteiger partial charge in [0.2, 0.25) is 0 Å². The van der Waals surface area contributed by atoms with Gasteiger partial charge in [-0.25, -0.2) is 18.2 Å². The van der Waals surface area contributed by atoms with E-state index in [-0.39, 0.29) is 9.26 Å². The molecule has 0 saturated carbocycles. The maximum atomic E-state index is 13.0. The highest BCUT2D eigenvalue weighted by molar-refractivity contribution is 14.1. The Bertz CT molecular complexity index is 319. The molecule has 0 amide bonds. The molecule has 0 aliphatic rings. The van der Waals surface area contributed by atoms with Crippen molar-refractivity contribution in [3.8, 4) is 0 Å². The summed E-state index contributed by atoms with van der Waals surface area (Å²) in [4.78, 5) is 3.27. The van der Waals surface area contributed by atoms with E-state index in [9.17, 15) is 13.2 Å². The lowest BCUT2D eigenvalue weighted by Gasteiger charge is -2.04. The highest BCUT2D eigenvalue weighted by Crippen LogP contribution is 2.22. The molecule has 2 nitrogen and oxygen atoms in total. The molecule has 0 fully saturated rings. The number of hydrogen-bond donors (Lipinski definition) is 1. The van der Waals surface area contributed by atoms with E-state index in [0.29, 0.717) is 0 Å². The number of halogens is 4. The second-order valence-electron chi connectivity index (χ2n) is 2.25. The minimum atomic E-state index is -2.75. The van der Waals surface area contributed by atoms with Gasteiger partial charge in [-0.15, -0.1) is 0 Å². The summed E-state index contributed by atoms with van der Waals surface area (Å²) in [5.41, 5.74) is -0.864. The van der Waals surface area contributed by atoms with Gasteiger partial charge in [0.1, 0.15) is 11.4 Å². The van der Waals surface area contributed by atoms with E-state index in [1.54, 1.807) is 22.6 Å². The molecule has 1 heterocycles. The van der Waals surface area contributed by atoms with Gasteiger partial charge in [-0.05, 0) is 28.7 Å². The van der Waals surface area contributed by atoms with Gasteiger partial charge in [-0.3, -0.25) is 0 Å². The van der Waals surface area contributed by atoms with Crippen molar-refractivity contribution in [2.24, 2.45) is 0 Å². The standard InChI is InChI=1S/C7H5F3INO/c8-6-3(11)1-4(7(9)10)12-5(6)2-13/h1,7,13H,2H2. The SMILES string of the molecule is OCc1nc(C(F)F)cc(I)c1F. The van der Waals surface area contributed by atoms with Crippen LogP contribution in [-0.4, -0.2) is 10.1 Å². The molecular weight excluding hydrogens is 298 g/mol. The molecule has 1 N–H and O–H groups in total. The van der Waals surface area contributed by atoms with Crippen LogP contribution in [0.15, 0.2) is 6.07 Å². The van der Waals surface area contributed by atoms with E-state index in [2.05, 4.69) is 4.98 Å². The van der Waals surface area contributed by atoms with Crippen LogP contribution in [0.2, 0.25) is 0 Å². The summed E-state index contributed by atoms with van der Waals surface area (Å²) in [5.74, 6) is -0.743. The Morgan fingerprint density at radius 3 is 2.62 bits per heavy atom. The van der Waals surface area contributed by atoms with Crippen LogP contribution >= 0.6 is 22.6 Å². The molecule has 72 valence electrons. The summed E-state index contributed by atoms with van der Waals surface area (Å²) in [5, 5.41) is 8.60. The van der Waals surface area contributed by atoms with Crippen LogP contribution in [0.3, 0.4) is 0 Å². The summed E-state index contributed by atoms with van der Waals surface area (Å²) >= 11 is 1.57. The number of hydrogen-bond acceptors (Lipinski definition) is 2. The topological polar surface area (TPSA) is 33.1 Å². The van der Waals surface area contributed by atoms with Crippen molar-refractivity contribution in [3.05, 3.63) is 26.8 Å². The lowest BCUT2D eigenvalue weighted by molar-refractivity contribution is 0.144. The van der Waals surface area contributed by atoms with Gasteiger partial charge in [0, 0.05) is 0 Å². The third kappa shape index (κ3) is 2.31. The number of nitrogens with zero attached hydrogens (tertiary/aromatic N) is 1. The quantitative estimate of drug-likeness (QED) is 0.850. The smallest absolute Gasteiger partial charge is 0.280 e. The maximum absolute atomic E-state index is 13.0. The first-order valence-corrected chi connectivity index (χ1v) is 4.38. The van der Waals surface area contributed by atoms with Crippen molar-refractivity contribution in [2.75, 3.05) is 0 Å². The fourth-order valence-electron chi connectivity index (χ4n) is 0.785. The van der Waals surface area contributed by atoms with E-state index >= 15 is 0 Å². The van der Waals surface area contributed by atoms with Crippen LogP contribution in [0, 0.1) is 9.39 Å². The van der Waals surface area contributed by atoms with E-state index in [1.165, 1.54) is 0 Å². The number of aliphatic hydroxyl groups excluding tert-OH is 1. The van der Waals surface area contributed by atoms with Gasteiger partial charge in [-0.2, -0.15) is 0 Å². The zero-order chi connectivity index (χ0) is 10.0. The Kier molecular flexibility index (Phi) is 3.48. The molecular formula is C7H5F3INO. The zero-order valence-electron chi connectivity index (χ0n) is 6.27. The highest BCUT2D eigenvalue weighted by atomic mass is 127. The Morgan fingerprint density at radius 2 is 2.15 bits per heavy atom. The average Bonchev–Trinajstić information content (AvgIpc) is 2.09. The molecule has 0 aliphatic carbocycles. The van der Waals surface area contributed by atoms with Crippen LogP contribution in [0.25, 0.3) is 0 Å². The number of rotatable bonds is 2. The lowest BCUT2D eigenvalue weighted by Crippen LogP contribution is -2.02. The van der Waals surface area contributed by atoms with Gasteiger partial charge < -0.3 is 5.11 Å². The largest absolute Gasteiger partial charge is 0.390 e. The van der Waals surface area contributed by atoms with Gasteiger partial charge in [0.25, 0.3) is 6.43 Å². The Morgan fingerprint density at radius 1 is 1.54 bits per heavy atom. The Hall–Kier alpha value is -0.370. The molecule has 13 heavy (non-hydrogen) atoms. The fraction of sp³-hybridized carbons (Fsp3) is 0.286. The molecule has 1 rings (SSSR count). The first-order valence-electron chi connectivity index (χ1n) is 3.30. The predicted molar refractivity (Wildman–Crippen MR) is 47.8 cm³/mol. The molecule has 0 aromatic carbocycles. The van der Waals surface area contributed by atoms with Crippen molar-refractivity contribution < 1.29 is 18.3 Å². The third-order valence-electron chi connectivity index (χ3n) is 1.38. The summed E-state index contributed by atoms with van der Waals surface area (Å²) in [7, 11) is 0. The molecule has 1 aromatic heterocycles. The normalized spacial score (nSPS) is 10.9. The van der Waals surface area contributed by atoms with Gasteiger partial charge >= 0.3 is 0 Å². The third-order valence-corrected chi connectivity index (χ3v) is 2.16. The average molecular weight is 303 g/mol. The van der Waals surface area contributed by atoms with Crippen LogP contribution in [0.5, 0.6) is 0 Å². The Labute approximate surface area is 85.9 Å². The maximum Gasteiger partial charge on any atom is 0.280 e. The molecule has 6 heteroatoms. The number of pyridine rings is 1. The van der Waals surface area contributed by atoms with Crippen LogP contribution < -0.4 is 0 Å². The fourth-order valence-corrected chi connectivity index (χ4v) is 1.42. The number of aliphatic hydroxyl groups is 1. The van der Waals surface area contributed by atoms with Gasteiger partial charge in [-0.1, -0.05) is 0 Å². The van der Waals surface area contributed by atoms with Crippen molar-refractivity contribution in [2.45, 2.75) is 13.0 Å². The number of aromatic nitrogens is 1. The number of alkyl halides is 2. The summed E-state index contributed by atoms with van der Waals surface area (Å²) in [6, 6.07) is 0.958. The van der Waals surface area contributed by atoms with Crippen LogP contribution in [0.4, 0.5) is 13.2 Å². The second-order valence-corrected chi connectivity index (χ2v) is 3.41. The first kappa shape index (κ1) is 10.7. The molecule has 0 saturated heterocycles. The van der Waals surface area contributed by atoms with E-state index < -0.39 is 24.5 Å². The summed E-state index contributed by atoms with van der Waals surface area (Å²) in [6.45, 7) is -0.678. The van der Waals surface area contributed by atoms with Crippen molar-refractivity contribution >= 4 is 22.6 Å². The molecule has 0 radical (unpaired) electrons. The van der Waals surface area contributed by atoms with Crippen molar-refractivity contribution in [1.29, 1.82) is 0 Å². The molecule has 0 atom stereocenters. The highest BCUT2D eigenvalue weighted by Gasteiger charge is 2.15. The molecule has 1 aromatic rings. The van der Waals surface area contributed by atoms with Gasteiger partial charge in [0.05, 0.1) is 10.2 Å². The predicted octanol–water partition coefficient (Wildman–Crippen LogP) is 2.26. The molecule has 0 aliphatic heterocycles. The van der Waals surface area contributed by atoms with Crippen LogP contribution in [-0.2, 0) is 6.61 Å². The summed E-state index contributed by atoms with van der Waals surface area (Å²) < 4.78 is 37.3. The first-order chi connectivity index (χ1) is 6.06. The van der Waals surface area contributed by atoms with Crippen LogP contribution in [0.1, 0.15) is 17.8 Å². The van der Waals surface area contributed by atoms with Gasteiger partial charge in [0.15, 0.2) is 5.82 Å². The lowest BCUT2D eigenvalue weighted by atomic mass is 10.3. The Balaban J connectivity index is 3.22. The minimum absolute atomic E-state index is 0.0342. The van der Waals surface area contributed by atoms with E-state index in [4.69, 9.17) is 5.11 Å². The minimum Gasteiger partial charge on any atom is -0.390 e. The second kappa shape index (κ2) is 4.23. The zero-order valence-corrected chi connectivity index (χ0v) is 8.43. The monoisotopic (exact) mass is 303 g/mol. The summed E-state index contributed by atoms with van der Waals surface area (Å²) in [6.07, 6.45) is -2.75.